The van der Waals surface area contributed by atoms with E-state index in [9.17, 15) is 4.79 Å². The number of hydrogen-bond donors (Lipinski definition) is 2. The van der Waals surface area contributed by atoms with Gasteiger partial charge in [0.25, 0.3) is 5.91 Å². The lowest BCUT2D eigenvalue weighted by Crippen LogP contribution is -2.14. The van der Waals surface area contributed by atoms with Gasteiger partial charge in [0.15, 0.2) is 5.75 Å². The third-order valence-corrected chi connectivity index (χ3v) is 3.83. The zero-order valence-electron chi connectivity index (χ0n) is 15.2. The highest BCUT2D eigenvalue weighted by Crippen LogP contribution is 2.29. The van der Waals surface area contributed by atoms with Gasteiger partial charge in [0, 0.05) is 18.9 Å². The van der Waals surface area contributed by atoms with Crippen LogP contribution >= 0.6 is 0 Å². The zero-order valence-corrected chi connectivity index (χ0v) is 15.2. The minimum Gasteiger partial charge on any atom is -0.455 e. The summed E-state index contributed by atoms with van der Waals surface area (Å²) in [5.41, 5.74) is 0.960. The van der Waals surface area contributed by atoms with Gasteiger partial charge in [-0.1, -0.05) is 43.7 Å². The van der Waals surface area contributed by atoms with Gasteiger partial charge in [0.05, 0.1) is 11.3 Å². The molecule has 6 heteroatoms. The van der Waals surface area contributed by atoms with E-state index in [1.54, 1.807) is 12.1 Å². The number of carbonyl (C=O) groups is 1. The average Bonchev–Trinajstić information content (AvgIpc) is 2.71. The molecule has 0 fully saturated rings. The molecule has 3 aromatic rings. The second-order valence-electron chi connectivity index (χ2n) is 5.94. The fourth-order valence-electron chi connectivity index (χ4n) is 2.38. The number of unbranched alkanes of at least 4 members (excludes halogenated alkanes) is 1. The van der Waals surface area contributed by atoms with Crippen molar-refractivity contribution in [1.29, 1.82) is 0 Å². The topological polar surface area (TPSA) is 76.1 Å². The molecule has 2 aromatic carbocycles. The summed E-state index contributed by atoms with van der Waals surface area (Å²) in [7, 11) is 0. The van der Waals surface area contributed by atoms with Crippen molar-refractivity contribution in [3.05, 3.63) is 72.6 Å². The van der Waals surface area contributed by atoms with Gasteiger partial charge in [0.2, 0.25) is 5.95 Å². The molecule has 1 amide bonds. The van der Waals surface area contributed by atoms with E-state index >= 15 is 0 Å². The van der Waals surface area contributed by atoms with Gasteiger partial charge in [0.1, 0.15) is 5.75 Å². The van der Waals surface area contributed by atoms with E-state index in [1.807, 2.05) is 42.5 Å². The first kappa shape index (κ1) is 18.4. The van der Waals surface area contributed by atoms with Crippen molar-refractivity contribution in [2.75, 3.05) is 17.2 Å². The van der Waals surface area contributed by atoms with E-state index in [1.165, 1.54) is 12.4 Å². The zero-order chi connectivity index (χ0) is 18.9. The molecule has 0 radical (unpaired) electrons. The number of nitrogens with one attached hydrogen (secondary N) is 2. The molecule has 27 heavy (non-hydrogen) atoms. The molecule has 6 nitrogen and oxygen atoms in total. The van der Waals surface area contributed by atoms with Gasteiger partial charge in [-0.3, -0.25) is 4.79 Å². The minimum absolute atomic E-state index is 0.292. The minimum atomic E-state index is -0.292. The highest BCUT2D eigenvalue weighted by atomic mass is 16.5. The Morgan fingerprint density at radius 2 is 1.70 bits per heavy atom. The van der Waals surface area contributed by atoms with E-state index in [-0.39, 0.29) is 5.91 Å². The fourth-order valence-corrected chi connectivity index (χ4v) is 2.38. The van der Waals surface area contributed by atoms with Crippen LogP contribution in [0.3, 0.4) is 0 Å². The maximum Gasteiger partial charge on any atom is 0.258 e. The van der Waals surface area contributed by atoms with Crippen LogP contribution in [0.4, 0.5) is 11.6 Å². The number of nitrogens with zero attached hydrogens (tertiary/aromatic N) is 2. The van der Waals surface area contributed by atoms with Gasteiger partial charge >= 0.3 is 0 Å². The predicted molar refractivity (Wildman–Crippen MR) is 106 cm³/mol. The molecule has 0 aliphatic heterocycles. The Morgan fingerprint density at radius 3 is 2.44 bits per heavy atom. The lowest BCUT2D eigenvalue weighted by molar-refractivity contribution is 0.102. The van der Waals surface area contributed by atoms with Crippen LogP contribution in [0.15, 0.2) is 67.0 Å². The molecule has 0 unspecified atom stereocenters. The lowest BCUT2D eigenvalue weighted by atomic mass is 10.2. The molecule has 0 spiro atoms. The standard InChI is InChI=1S/C21H22N4O2/c1-2-3-13-22-21-23-14-16(15-24-21)20(26)25-18-11-7-8-12-19(18)27-17-9-5-4-6-10-17/h4-12,14-15H,2-3,13H2,1H3,(H,25,26)(H,22,23,24). The number of ether oxygens (including phenoxy) is 1. The number of rotatable bonds is 8. The van der Waals surface area contributed by atoms with Crippen LogP contribution in [0.25, 0.3) is 0 Å². The van der Waals surface area contributed by atoms with Gasteiger partial charge < -0.3 is 15.4 Å². The molecule has 0 saturated carbocycles. The summed E-state index contributed by atoms with van der Waals surface area (Å²) in [6.07, 6.45) is 5.16. The van der Waals surface area contributed by atoms with Crippen LogP contribution in [0.1, 0.15) is 30.1 Å². The smallest absolute Gasteiger partial charge is 0.258 e. The Bertz CT molecular complexity index is 867. The average molecular weight is 362 g/mol. The molecule has 0 saturated heterocycles. The maximum atomic E-state index is 12.5. The van der Waals surface area contributed by atoms with Gasteiger partial charge in [-0.05, 0) is 30.7 Å². The van der Waals surface area contributed by atoms with Gasteiger partial charge in [-0.2, -0.15) is 0 Å². The number of hydrogen-bond acceptors (Lipinski definition) is 5. The molecule has 1 aromatic heterocycles. The van der Waals surface area contributed by atoms with Crippen molar-refractivity contribution < 1.29 is 9.53 Å². The molecule has 3 rings (SSSR count). The first-order valence-corrected chi connectivity index (χ1v) is 8.95. The second-order valence-corrected chi connectivity index (χ2v) is 5.94. The second kappa shape index (κ2) is 9.33. The summed E-state index contributed by atoms with van der Waals surface area (Å²) in [6, 6.07) is 16.7. The number of para-hydroxylation sites is 3. The molecular formula is C21H22N4O2. The Balaban J connectivity index is 1.67. The monoisotopic (exact) mass is 362 g/mol. The molecule has 2 N–H and O–H groups in total. The molecule has 138 valence electrons. The van der Waals surface area contributed by atoms with E-state index < -0.39 is 0 Å². The van der Waals surface area contributed by atoms with E-state index in [4.69, 9.17) is 4.74 Å². The van der Waals surface area contributed by atoms with E-state index in [2.05, 4.69) is 27.5 Å². The Hall–Kier alpha value is -3.41. The Morgan fingerprint density at radius 1 is 1.00 bits per heavy atom. The summed E-state index contributed by atoms with van der Waals surface area (Å²) < 4.78 is 5.86. The number of amides is 1. The third-order valence-electron chi connectivity index (χ3n) is 3.83. The molecular weight excluding hydrogens is 340 g/mol. The van der Waals surface area contributed by atoms with Crippen molar-refractivity contribution in [2.45, 2.75) is 19.8 Å². The van der Waals surface area contributed by atoms with E-state index in [0.717, 1.165) is 19.4 Å². The third kappa shape index (κ3) is 5.28. The van der Waals surface area contributed by atoms with Crippen LogP contribution in [0.5, 0.6) is 11.5 Å². The highest BCUT2D eigenvalue weighted by molar-refractivity contribution is 6.04. The predicted octanol–water partition coefficient (Wildman–Crippen LogP) is 4.73. The van der Waals surface area contributed by atoms with Crippen LogP contribution < -0.4 is 15.4 Å². The Kier molecular flexibility index (Phi) is 6.35. The SMILES string of the molecule is CCCCNc1ncc(C(=O)Nc2ccccc2Oc2ccccc2)cn1. The molecule has 1 heterocycles. The normalized spacial score (nSPS) is 10.3. The quantitative estimate of drug-likeness (QED) is 0.566. The summed E-state index contributed by atoms with van der Waals surface area (Å²) in [6.45, 7) is 2.93. The number of aromatic nitrogens is 2. The van der Waals surface area contributed by atoms with Crippen LogP contribution in [0, 0.1) is 0 Å². The number of carbonyl (C=O) groups excluding carboxylic acids is 1. The number of benzene rings is 2. The number of anilines is 2. The Labute approximate surface area is 158 Å². The van der Waals surface area contributed by atoms with Crippen LogP contribution in [0.2, 0.25) is 0 Å². The van der Waals surface area contributed by atoms with Crippen molar-refractivity contribution in [1.82, 2.24) is 9.97 Å². The summed E-state index contributed by atoms with van der Waals surface area (Å²) in [5, 5.41) is 5.98. The maximum absolute atomic E-state index is 12.5. The highest BCUT2D eigenvalue weighted by Gasteiger charge is 2.11. The van der Waals surface area contributed by atoms with Gasteiger partial charge in [-0.15, -0.1) is 0 Å². The lowest BCUT2D eigenvalue weighted by Gasteiger charge is -2.12. The van der Waals surface area contributed by atoms with Crippen molar-refractivity contribution >= 4 is 17.5 Å². The van der Waals surface area contributed by atoms with Crippen LogP contribution in [-0.4, -0.2) is 22.4 Å². The van der Waals surface area contributed by atoms with Crippen molar-refractivity contribution in [2.24, 2.45) is 0 Å². The van der Waals surface area contributed by atoms with Crippen molar-refractivity contribution in [3.8, 4) is 11.5 Å². The van der Waals surface area contributed by atoms with Crippen LogP contribution in [-0.2, 0) is 0 Å². The first-order chi connectivity index (χ1) is 13.3. The largest absolute Gasteiger partial charge is 0.455 e. The van der Waals surface area contributed by atoms with E-state index in [0.29, 0.717) is 28.7 Å². The fraction of sp³-hybridized carbons (Fsp3) is 0.190. The van der Waals surface area contributed by atoms with Crippen molar-refractivity contribution in [3.63, 3.8) is 0 Å². The van der Waals surface area contributed by atoms with Gasteiger partial charge in [-0.25, -0.2) is 9.97 Å². The summed E-state index contributed by atoms with van der Waals surface area (Å²) in [4.78, 5) is 20.9. The molecule has 0 atom stereocenters. The summed E-state index contributed by atoms with van der Waals surface area (Å²) in [5.74, 6) is 1.49. The summed E-state index contributed by atoms with van der Waals surface area (Å²) >= 11 is 0. The molecule has 0 aliphatic rings. The molecule has 0 aliphatic carbocycles. The molecule has 0 bridgehead atoms. The first-order valence-electron chi connectivity index (χ1n) is 8.95.